The molecule has 2 rings (SSSR count). The van der Waals surface area contributed by atoms with Gasteiger partial charge in [-0.25, -0.2) is 9.18 Å². The molecule has 0 aliphatic carbocycles. The molecule has 1 N–H and O–H groups in total. The minimum Gasteiger partial charge on any atom is -0.465 e. The van der Waals surface area contributed by atoms with Crippen molar-refractivity contribution in [2.75, 3.05) is 6.54 Å². The molecular weight excluding hydrogens is 221 g/mol. The van der Waals surface area contributed by atoms with Crippen molar-refractivity contribution in [2.45, 2.75) is 32.2 Å². The number of hydrogen-bond acceptors (Lipinski definition) is 1. The SMILES string of the molecule is Cc1cc(F)ccc1C1CCCCN1C(=O)O. The number of piperidine rings is 1. The molecule has 1 aliphatic rings. The molecule has 1 aliphatic heterocycles. The van der Waals surface area contributed by atoms with Gasteiger partial charge in [-0.2, -0.15) is 0 Å². The lowest BCUT2D eigenvalue weighted by atomic mass is 9.92. The predicted octanol–water partition coefficient (Wildman–Crippen LogP) is 3.34. The Morgan fingerprint density at radius 1 is 1.47 bits per heavy atom. The summed E-state index contributed by atoms with van der Waals surface area (Å²) in [4.78, 5) is 12.6. The number of aryl methyl sites for hydroxylation is 1. The average molecular weight is 237 g/mol. The summed E-state index contributed by atoms with van der Waals surface area (Å²) >= 11 is 0. The summed E-state index contributed by atoms with van der Waals surface area (Å²) in [5, 5.41) is 9.17. The van der Waals surface area contributed by atoms with Crippen LogP contribution in [0.3, 0.4) is 0 Å². The van der Waals surface area contributed by atoms with Crippen LogP contribution in [-0.2, 0) is 0 Å². The van der Waals surface area contributed by atoms with Crippen molar-refractivity contribution in [1.82, 2.24) is 4.90 Å². The Hall–Kier alpha value is -1.58. The molecule has 1 amide bonds. The van der Waals surface area contributed by atoms with Gasteiger partial charge in [0.1, 0.15) is 5.82 Å². The highest BCUT2D eigenvalue weighted by Gasteiger charge is 2.28. The van der Waals surface area contributed by atoms with Crippen LogP contribution in [0.2, 0.25) is 0 Å². The third-order valence-corrected chi connectivity index (χ3v) is 3.34. The van der Waals surface area contributed by atoms with Crippen molar-refractivity contribution in [1.29, 1.82) is 0 Å². The highest BCUT2D eigenvalue weighted by Crippen LogP contribution is 2.32. The van der Waals surface area contributed by atoms with Gasteiger partial charge in [-0.3, -0.25) is 0 Å². The van der Waals surface area contributed by atoms with E-state index in [9.17, 15) is 9.18 Å². The second-order valence-electron chi connectivity index (χ2n) is 4.49. The Kier molecular flexibility index (Phi) is 3.31. The van der Waals surface area contributed by atoms with Crippen LogP contribution in [0.15, 0.2) is 18.2 Å². The largest absolute Gasteiger partial charge is 0.465 e. The first kappa shape index (κ1) is 11.9. The molecule has 1 saturated heterocycles. The zero-order valence-corrected chi connectivity index (χ0v) is 9.82. The maximum absolute atomic E-state index is 13.0. The number of carboxylic acid groups (broad SMARTS) is 1. The van der Waals surface area contributed by atoms with Crippen LogP contribution in [0, 0.1) is 12.7 Å². The Bertz CT molecular complexity index is 433. The summed E-state index contributed by atoms with van der Waals surface area (Å²) in [5.74, 6) is -0.274. The van der Waals surface area contributed by atoms with E-state index < -0.39 is 6.09 Å². The fourth-order valence-corrected chi connectivity index (χ4v) is 2.50. The molecule has 0 saturated carbocycles. The smallest absolute Gasteiger partial charge is 0.407 e. The number of nitrogens with zero attached hydrogens (tertiary/aromatic N) is 1. The van der Waals surface area contributed by atoms with E-state index in [1.165, 1.54) is 17.0 Å². The molecular formula is C13H16FNO2. The van der Waals surface area contributed by atoms with Crippen molar-refractivity contribution >= 4 is 6.09 Å². The number of carbonyl (C=O) groups is 1. The second kappa shape index (κ2) is 4.73. The molecule has 1 atom stereocenters. The van der Waals surface area contributed by atoms with Crippen LogP contribution in [0.5, 0.6) is 0 Å². The van der Waals surface area contributed by atoms with E-state index in [0.29, 0.717) is 6.54 Å². The molecule has 1 heterocycles. The molecule has 0 bridgehead atoms. The van der Waals surface area contributed by atoms with E-state index in [-0.39, 0.29) is 11.9 Å². The van der Waals surface area contributed by atoms with Crippen LogP contribution in [0.25, 0.3) is 0 Å². The fourth-order valence-electron chi connectivity index (χ4n) is 2.50. The first-order chi connectivity index (χ1) is 8.09. The van der Waals surface area contributed by atoms with Gasteiger partial charge in [0.15, 0.2) is 0 Å². The first-order valence-corrected chi connectivity index (χ1v) is 5.85. The topological polar surface area (TPSA) is 40.5 Å². The third-order valence-electron chi connectivity index (χ3n) is 3.34. The number of likely N-dealkylation sites (tertiary alicyclic amines) is 1. The van der Waals surface area contributed by atoms with Crippen LogP contribution < -0.4 is 0 Å². The number of rotatable bonds is 1. The number of amides is 1. The Balaban J connectivity index is 2.32. The Morgan fingerprint density at radius 3 is 2.88 bits per heavy atom. The van der Waals surface area contributed by atoms with Crippen molar-refractivity contribution in [3.63, 3.8) is 0 Å². The predicted molar refractivity (Wildman–Crippen MR) is 62.5 cm³/mol. The summed E-state index contributed by atoms with van der Waals surface area (Å²) in [7, 11) is 0. The summed E-state index contributed by atoms with van der Waals surface area (Å²) in [6, 6.07) is 4.44. The second-order valence-corrected chi connectivity index (χ2v) is 4.49. The Labute approximate surface area is 99.9 Å². The molecule has 1 aromatic carbocycles. The minimum atomic E-state index is -0.890. The highest BCUT2D eigenvalue weighted by molar-refractivity contribution is 5.66. The average Bonchev–Trinajstić information content (AvgIpc) is 2.29. The maximum atomic E-state index is 13.0. The number of hydrogen-bond donors (Lipinski definition) is 1. The fraction of sp³-hybridized carbons (Fsp3) is 0.462. The molecule has 0 radical (unpaired) electrons. The molecule has 92 valence electrons. The van der Waals surface area contributed by atoms with E-state index in [0.717, 1.165) is 30.4 Å². The van der Waals surface area contributed by atoms with E-state index in [1.54, 1.807) is 6.07 Å². The molecule has 0 spiro atoms. The van der Waals surface area contributed by atoms with E-state index in [4.69, 9.17) is 5.11 Å². The van der Waals surface area contributed by atoms with Crippen molar-refractivity contribution < 1.29 is 14.3 Å². The van der Waals surface area contributed by atoms with E-state index in [1.807, 2.05) is 6.92 Å². The summed E-state index contributed by atoms with van der Waals surface area (Å²) in [6.07, 6.45) is 1.85. The molecule has 0 aromatic heterocycles. The zero-order chi connectivity index (χ0) is 12.4. The van der Waals surface area contributed by atoms with Gasteiger partial charge in [0.05, 0.1) is 6.04 Å². The minimum absolute atomic E-state index is 0.123. The lowest BCUT2D eigenvalue weighted by Crippen LogP contribution is -2.37. The number of benzene rings is 1. The number of halogens is 1. The molecule has 1 unspecified atom stereocenters. The molecule has 4 heteroatoms. The quantitative estimate of drug-likeness (QED) is 0.813. The normalized spacial score (nSPS) is 20.4. The van der Waals surface area contributed by atoms with Gasteiger partial charge in [0, 0.05) is 6.54 Å². The van der Waals surface area contributed by atoms with Crippen LogP contribution >= 0.6 is 0 Å². The molecule has 3 nitrogen and oxygen atoms in total. The van der Waals surface area contributed by atoms with Gasteiger partial charge >= 0.3 is 6.09 Å². The van der Waals surface area contributed by atoms with E-state index >= 15 is 0 Å². The van der Waals surface area contributed by atoms with Gasteiger partial charge < -0.3 is 10.0 Å². The summed E-state index contributed by atoms with van der Waals surface area (Å²) < 4.78 is 13.0. The van der Waals surface area contributed by atoms with Crippen LogP contribution in [0.1, 0.15) is 36.4 Å². The monoisotopic (exact) mass is 237 g/mol. The van der Waals surface area contributed by atoms with Gasteiger partial charge in [0.2, 0.25) is 0 Å². The molecule has 1 aromatic rings. The lowest BCUT2D eigenvalue weighted by Gasteiger charge is -2.34. The van der Waals surface area contributed by atoms with Crippen LogP contribution in [-0.4, -0.2) is 22.6 Å². The Morgan fingerprint density at radius 2 is 2.24 bits per heavy atom. The van der Waals surface area contributed by atoms with Gasteiger partial charge in [-0.15, -0.1) is 0 Å². The molecule has 17 heavy (non-hydrogen) atoms. The maximum Gasteiger partial charge on any atom is 0.407 e. The van der Waals surface area contributed by atoms with Crippen molar-refractivity contribution in [2.24, 2.45) is 0 Å². The van der Waals surface area contributed by atoms with Gasteiger partial charge in [-0.05, 0) is 49.4 Å². The zero-order valence-electron chi connectivity index (χ0n) is 9.82. The first-order valence-electron chi connectivity index (χ1n) is 5.85. The van der Waals surface area contributed by atoms with Gasteiger partial charge in [-0.1, -0.05) is 6.07 Å². The van der Waals surface area contributed by atoms with Gasteiger partial charge in [0.25, 0.3) is 0 Å². The third kappa shape index (κ3) is 2.40. The summed E-state index contributed by atoms with van der Waals surface area (Å²) in [6.45, 7) is 2.39. The van der Waals surface area contributed by atoms with Crippen molar-refractivity contribution in [3.05, 3.63) is 35.1 Å². The molecule has 1 fully saturated rings. The van der Waals surface area contributed by atoms with Crippen molar-refractivity contribution in [3.8, 4) is 0 Å². The summed E-state index contributed by atoms with van der Waals surface area (Å²) in [5.41, 5.74) is 1.75. The lowest BCUT2D eigenvalue weighted by molar-refractivity contribution is 0.106. The van der Waals surface area contributed by atoms with Crippen LogP contribution in [0.4, 0.5) is 9.18 Å². The highest BCUT2D eigenvalue weighted by atomic mass is 19.1. The standard InChI is InChI=1S/C13H16FNO2/c1-9-8-10(14)5-6-11(9)12-4-2-3-7-15(12)13(16)17/h5-6,8,12H,2-4,7H2,1H3,(H,16,17). The van der Waals surface area contributed by atoms with E-state index in [2.05, 4.69) is 0 Å².